The highest BCUT2D eigenvalue weighted by molar-refractivity contribution is 6.01. The number of piperazine rings is 1. The molecule has 0 radical (unpaired) electrons. The SMILES string of the molecule is Cl.O=C1CNC(=O)N1Cc1ccc(C(=O)N2CCNCC2c2cccnc2)cc1. The number of halogens is 1. The number of hydrogen-bond acceptors (Lipinski definition) is 5. The lowest BCUT2D eigenvalue weighted by Crippen LogP contribution is -2.48. The van der Waals surface area contributed by atoms with E-state index in [4.69, 9.17) is 0 Å². The molecule has 4 rings (SSSR count). The van der Waals surface area contributed by atoms with Crippen LogP contribution in [0.2, 0.25) is 0 Å². The number of imide groups is 1. The molecule has 0 saturated carbocycles. The first kappa shape index (κ1) is 20.8. The van der Waals surface area contributed by atoms with Crippen molar-refractivity contribution in [2.24, 2.45) is 0 Å². The van der Waals surface area contributed by atoms with Crippen LogP contribution >= 0.6 is 12.4 Å². The quantitative estimate of drug-likeness (QED) is 0.735. The Morgan fingerprint density at radius 1 is 1.17 bits per heavy atom. The molecule has 152 valence electrons. The topological polar surface area (TPSA) is 94.6 Å². The number of hydrogen-bond donors (Lipinski definition) is 2. The molecule has 2 saturated heterocycles. The maximum Gasteiger partial charge on any atom is 0.324 e. The number of urea groups is 1. The van der Waals surface area contributed by atoms with E-state index in [1.54, 1.807) is 36.7 Å². The number of pyridine rings is 1. The Kier molecular flexibility index (Phi) is 6.46. The summed E-state index contributed by atoms with van der Waals surface area (Å²) < 4.78 is 0. The minimum Gasteiger partial charge on any atom is -0.329 e. The van der Waals surface area contributed by atoms with Crippen LogP contribution in [-0.4, -0.2) is 58.8 Å². The van der Waals surface area contributed by atoms with Gasteiger partial charge in [-0.15, -0.1) is 12.4 Å². The van der Waals surface area contributed by atoms with Gasteiger partial charge in [-0.05, 0) is 29.3 Å². The highest BCUT2D eigenvalue weighted by Gasteiger charge is 2.30. The van der Waals surface area contributed by atoms with Gasteiger partial charge in [-0.25, -0.2) is 4.79 Å². The molecule has 2 N–H and O–H groups in total. The van der Waals surface area contributed by atoms with Gasteiger partial charge in [-0.3, -0.25) is 19.5 Å². The van der Waals surface area contributed by atoms with E-state index in [-0.39, 0.29) is 49.4 Å². The smallest absolute Gasteiger partial charge is 0.324 e. The van der Waals surface area contributed by atoms with Crippen molar-refractivity contribution in [2.45, 2.75) is 12.6 Å². The minimum absolute atomic E-state index is 0. The Bertz CT molecular complexity index is 875. The van der Waals surface area contributed by atoms with E-state index in [2.05, 4.69) is 15.6 Å². The molecule has 2 aromatic rings. The Morgan fingerprint density at radius 2 is 1.97 bits per heavy atom. The van der Waals surface area contributed by atoms with Crippen molar-refractivity contribution in [3.05, 3.63) is 65.5 Å². The van der Waals surface area contributed by atoms with Gasteiger partial charge >= 0.3 is 6.03 Å². The van der Waals surface area contributed by atoms with Crippen molar-refractivity contribution in [2.75, 3.05) is 26.2 Å². The summed E-state index contributed by atoms with van der Waals surface area (Å²) in [6, 6.07) is 10.5. The van der Waals surface area contributed by atoms with Crippen LogP contribution in [-0.2, 0) is 11.3 Å². The van der Waals surface area contributed by atoms with Crippen molar-refractivity contribution in [1.82, 2.24) is 25.4 Å². The van der Waals surface area contributed by atoms with Crippen LogP contribution in [0.15, 0.2) is 48.8 Å². The van der Waals surface area contributed by atoms with Crippen molar-refractivity contribution in [1.29, 1.82) is 0 Å². The second kappa shape index (κ2) is 9.02. The molecule has 1 atom stereocenters. The van der Waals surface area contributed by atoms with Gasteiger partial charge in [0.2, 0.25) is 5.91 Å². The highest BCUT2D eigenvalue weighted by Crippen LogP contribution is 2.24. The molecule has 4 amide bonds. The molecule has 1 unspecified atom stereocenters. The molecule has 0 aliphatic carbocycles. The van der Waals surface area contributed by atoms with Gasteiger partial charge < -0.3 is 15.5 Å². The zero-order valence-corrected chi connectivity index (χ0v) is 16.5. The molecule has 3 heterocycles. The molecule has 8 nitrogen and oxygen atoms in total. The standard InChI is InChI=1S/C20H21N5O3.ClH/c26-18-12-23-20(28)25(18)13-14-3-5-15(6-4-14)19(27)24-9-8-22-11-17(24)16-2-1-7-21-10-16;/h1-7,10,17,22H,8-9,11-13H2,(H,23,28);1H. The molecule has 2 aliphatic heterocycles. The van der Waals surface area contributed by atoms with Crippen LogP contribution in [0, 0.1) is 0 Å². The average molecular weight is 416 g/mol. The van der Waals surface area contributed by atoms with E-state index in [0.717, 1.165) is 17.7 Å². The van der Waals surface area contributed by atoms with Crippen LogP contribution in [0.1, 0.15) is 27.5 Å². The first-order valence-electron chi connectivity index (χ1n) is 9.22. The fourth-order valence-corrected chi connectivity index (χ4v) is 3.53. The zero-order chi connectivity index (χ0) is 19.5. The summed E-state index contributed by atoms with van der Waals surface area (Å²) in [7, 11) is 0. The molecule has 1 aromatic heterocycles. The van der Waals surface area contributed by atoms with Gasteiger partial charge in [-0.2, -0.15) is 0 Å². The number of rotatable bonds is 4. The van der Waals surface area contributed by atoms with E-state index < -0.39 is 0 Å². The Balaban J connectivity index is 0.00000240. The van der Waals surface area contributed by atoms with Crippen LogP contribution in [0.5, 0.6) is 0 Å². The van der Waals surface area contributed by atoms with Crippen LogP contribution in [0.3, 0.4) is 0 Å². The second-order valence-electron chi connectivity index (χ2n) is 6.84. The molecule has 2 fully saturated rings. The maximum absolute atomic E-state index is 13.1. The summed E-state index contributed by atoms with van der Waals surface area (Å²) in [4.78, 5) is 43.7. The van der Waals surface area contributed by atoms with E-state index in [1.807, 2.05) is 17.0 Å². The van der Waals surface area contributed by atoms with Crippen molar-refractivity contribution >= 4 is 30.3 Å². The molecule has 2 aliphatic rings. The number of benzene rings is 1. The molecular formula is C20H22ClN5O3. The van der Waals surface area contributed by atoms with Gasteiger partial charge in [0, 0.05) is 37.6 Å². The number of amides is 4. The molecule has 29 heavy (non-hydrogen) atoms. The van der Waals surface area contributed by atoms with Crippen molar-refractivity contribution < 1.29 is 14.4 Å². The van der Waals surface area contributed by atoms with Crippen molar-refractivity contribution in [3.63, 3.8) is 0 Å². The van der Waals surface area contributed by atoms with E-state index in [1.165, 1.54) is 4.90 Å². The van der Waals surface area contributed by atoms with Crippen LogP contribution in [0.4, 0.5) is 4.79 Å². The molecule has 0 bridgehead atoms. The van der Waals surface area contributed by atoms with Gasteiger partial charge in [0.05, 0.1) is 19.1 Å². The molecular weight excluding hydrogens is 394 g/mol. The number of carbonyl (C=O) groups excluding carboxylic acids is 3. The Hall–Kier alpha value is -2.97. The fraction of sp³-hybridized carbons (Fsp3) is 0.300. The number of carbonyl (C=O) groups is 3. The number of nitrogens with one attached hydrogen (secondary N) is 2. The molecule has 9 heteroatoms. The first-order chi connectivity index (χ1) is 13.6. The number of nitrogens with zero attached hydrogens (tertiary/aromatic N) is 3. The van der Waals surface area contributed by atoms with Crippen LogP contribution in [0.25, 0.3) is 0 Å². The lowest BCUT2D eigenvalue weighted by Gasteiger charge is -2.36. The second-order valence-corrected chi connectivity index (χ2v) is 6.84. The largest absolute Gasteiger partial charge is 0.329 e. The fourth-order valence-electron chi connectivity index (χ4n) is 3.53. The molecule has 1 aromatic carbocycles. The monoisotopic (exact) mass is 415 g/mol. The third-order valence-corrected chi connectivity index (χ3v) is 5.05. The Morgan fingerprint density at radius 3 is 2.62 bits per heavy atom. The summed E-state index contributed by atoms with van der Waals surface area (Å²) in [5.74, 6) is -0.290. The first-order valence-corrected chi connectivity index (χ1v) is 9.22. The summed E-state index contributed by atoms with van der Waals surface area (Å²) in [6.45, 7) is 2.27. The van der Waals surface area contributed by atoms with Crippen molar-refractivity contribution in [3.8, 4) is 0 Å². The summed E-state index contributed by atoms with van der Waals surface area (Å²) >= 11 is 0. The average Bonchev–Trinajstić information content (AvgIpc) is 3.06. The summed E-state index contributed by atoms with van der Waals surface area (Å²) in [6.07, 6.45) is 3.51. The van der Waals surface area contributed by atoms with E-state index in [0.29, 0.717) is 18.7 Å². The number of aromatic nitrogens is 1. The summed E-state index contributed by atoms with van der Waals surface area (Å²) in [5, 5.41) is 5.83. The van der Waals surface area contributed by atoms with Gasteiger partial charge in [0.1, 0.15) is 0 Å². The maximum atomic E-state index is 13.1. The highest BCUT2D eigenvalue weighted by atomic mass is 35.5. The lowest BCUT2D eigenvalue weighted by molar-refractivity contribution is -0.125. The normalized spacial score (nSPS) is 19.0. The van der Waals surface area contributed by atoms with Gasteiger partial charge in [0.15, 0.2) is 0 Å². The third kappa shape index (κ3) is 4.38. The summed E-state index contributed by atoms with van der Waals surface area (Å²) in [5.41, 5.74) is 2.38. The van der Waals surface area contributed by atoms with Gasteiger partial charge in [-0.1, -0.05) is 18.2 Å². The van der Waals surface area contributed by atoms with Crippen LogP contribution < -0.4 is 10.6 Å². The van der Waals surface area contributed by atoms with E-state index in [9.17, 15) is 14.4 Å². The van der Waals surface area contributed by atoms with E-state index >= 15 is 0 Å². The molecule has 0 spiro atoms. The van der Waals surface area contributed by atoms with Gasteiger partial charge in [0.25, 0.3) is 5.91 Å². The Labute approximate surface area is 174 Å². The zero-order valence-electron chi connectivity index (χ0n) is 15.7. The predicted octanol–water partition coefficient (Wildman–Crippen LogP) is 1.34. The lowest BCUT2D eigenvalue weighted by atomic mass is 10.0. The third-order valence-electron chi connectivity index (χ3n) is 5.05. The predicted molar refractivity (Wildman–Crippen MR) is 109 cm³/mol. The minimum atomic E-state index is -0.384.